The van der Waals surface area contributed by atoms with Gasteiger partial charge in [-0.2, -0.15) is 0 Å². The highest BCUT2D eigenvalue weighted by Crippen LogP contribution is 2.45. The Labute approximate surface area is 424 Å². The number of nitro groups is 1. The molecule has 1 aliphatic carbocycles. The first-order valence-corrected chi connectivity index (χ1v) is 23.4. The van der Waals surface area contributed by atoms with Crippen molar-refractivity contribution in [3.63, 3.8) is 0 Å². The second-order valence-corrected chi connectivity index (χ2v) is 17.8. The Morgan fingerprint density at radius 3 is 1.88 bits per heavy atom. The van der Waals surface area contributed by atoms with Gasteiger partial charge in [-0.05, 0) is 59.2 Å². The number of alkyl carbamates (subject to hydrolysis) is 1. The molecule has 4 aromatic rings. The number of carbonyl (C=O) groups is 8. The van der Waals surface area contributed by atoms with Crippen molar-refractivity contribution >= 4 is 53.6 Å². The number of esters is 4. The van der Waals surface area contributed by atoms with Crippen molar-refractivity contribution in [2.24, 2.45) is 11.8 Å². The third kappa shape index (κ3) is 13.2. The average molecular weight is 1030 g/mol. The van der Waals surface area contributed by atoms with Crippen molar-refractivity contribution in [2.45, 2.75) is 96.1 Å². The Balaban J connectivity index is 1.27. The van der Waals surface area contributed by atoms with E-state index in [0.29, 0.717) is 5.56 Å². The Morgan fingerprint density at radius 2 is 1.32 bits per heavy atom. The Hall–Kier alpha value is -8.40. The molecular formula is C52H56N4O18. The molecule has 0 spiro atoms. The minimum atomic E-state index is -2.93. The predicted octanol–water partition coefficient (Wildman–Crippen LogP) is 5.22. The van der Waals surface area contributed by atoms with Gasteiger partial charge in [0.25, 0.3) is 11.4 Å². The molecule has 392 valence electrons. The molecule has 0 bridgehead atoms. The molecule has 0 aromatic heterocycles. The topological polar surface area (TPSA) is 290 Å². The lowest BCUT2D eigenvalue weighted by molar-refractivity contribution is -0.384. The van der Waals surface area contributed by atoms with Gasteiger partial charge in [0.05, 0.1) is 12.0 Å². The molecule has 22 nitrogen and oxygen atoms in total. The van der Waals surface area contributed by atoms with E-state index in [1.54, 1.807) is 44.2 Å². The van der Waals surface area contributed by atoms with Gasteiger partial charge in [0, 0.05) is 44.7 Å². The van der Waals surface area contributed by atoms with Gasteiger partial charge in [-0.25, -0.2) is 14.4 Å². The summed E-state index contributed by atoms with van der Waals surface area (Å²) in [5.74, 6) is -8.74. The number of rotatable bonds is 19. The number of nitro benzene ring substituents is 1. The van der Waals surface area contributed by atoms with Crippen LogP contribution in [0.15, 0.2) is 103 Å². The number of non-ortho nitro benzene ring substituents is 1. The molecule has 1 saturated heterocycles. The second kappa shape index (κ2) is 24.3. The molecular weight excluding hydrogens is 969 g/mol. The molecule has 0 radical (unpaired) electrons. The Kier molecular flexibility index (Phi) is 18.1. The van der Waals surface area contributed by atoms with Crippen LogP contribution in [0.1, 0.15) is 64.2 Å². The molecule has 4 aromatic carbocycles. The van der Waals surface area contributed by atoms with Crippen LogP contribution in [0.2, 0.25) is 0 Å². The van der Waals surface area contributed by atoms with Crippen LogP contribution in [0.4, 0.5) is 15.3 Å². The van der Waals surface area contributed by atoms with Crippen molar-refractivity contribution in [1.82, 2.24) is 16.0 Å². The van der Waals surface area contributed by atoms with Gasteiger partial charge in [0.15, 0.2) is 6.10 Å². The molecule has 6 rings (SSSR count). The number of ether oxygens (including phenoxy) is 8. The van der Waals surface area contributed by atoms with E-state index in [2.05, 4.69) is 16.0 Å². The highest BCUT2D eigenvalue weighted by Gasteiger charge is 2.67. The summed E-state index contributed by atoms with van der Waals surface area (Å²) in [7, 11) is 0.942. The molecule has 1 aliphatic heterocycles. The molecule has 6 unspecified atom stereocenters. The summed E-state index contributed by atoms with van der Waals surface area (Å²) in [6, 6.07) is 25.7. The monoisotopic (exact) mass is 1020 g/mol. The number of fused-ring (bicyclic) bond motifs is 3. The summed E-state index contributed by atoms with van der Waals surface area (Å²) < 4.78 is 45.2. The smallest absolute Gasteiger partial charge is 0.467 e. The summed E-state index contributed by atoms with van der Waals surface area (Å²) in [5, 5.41) is 18.7. The normalized spacial score (nSPS) is 19.9. The van der Waals surface area contributed by atoms with Crippen molar-refractivity contribution in [3.05, 3.63) is 130 Å². The standard InChI is InChI=1S/C52H56N4O18/c1-28(2)42(54-50(63)68-27-41-39-19-13-11-17-37(39)38-18-12-14-20-40(38)41)48(61)53-29(3)47(60)55-52(74-32(6)59)45(71-31(5)58)44(70-30(4)57)43(73-46(52)49(62)67-7)34(25-33-15-9-8-10-16-33)26-69-51(64)72-36-23-21-35(22-24-36)56(65)66/h8-24,28-29,34,41-46H,25-27H2,1-7H3,(H,53,61)(H,54,63)(H,55,60)/t29-,34?,42-,43?,44?,45?,46?,52?/m0/s1. The predicted molar refractivity (Wildman–Crippen MR) is 258 cm³/mol. The van der Waals surface area contributed by atoms with Crippen LogP contribution in [-0.4, -0.2) is 115 Å². The number of carbonyl (C=O) groups excluding carboxylic acids is 8. The molecule has 1 fully saturated rings. The van der Waals surface area contributed by atoms with E-state index < -0.39 is 114 Å². The maximum absolute atomic E-state index is 14.5. The summed E-state index contributed by atoms with van der Waals surface area (Å²) in [6.07, 6.45) is -10.2. The Bertz CT molecular complexity index is 2690. The third-order valence-corrected chi connectivity index (χ3v) is 12.2. The maximum atomic E-state index is 14.5. The SMILES string of the molecule is COC(=O)C1OC(C(COC(=O)Oc2ccc([N+](=O)[O-])cc2)Cc2ccccc2)C(OC(C)=O)C(OC(C)=O)C1(NC(=O)[C@H](C)NC(=O)[C@@H](NC(=O)OCC1c2ccccc2-c2ccccc21)C(C)C)OC(C)=O. The van der Waals surface area contributed by atoms with Crippen molar-refractivity contribution in [3.8, 4) is 16.9 Å². The molecule has 0 saturated carbocycles. The van der Waals surface area contributed by atoms with E-state index >= 15 is 0 Å². The fourth-order valence-corrected chi connectivity index (χ4v) is 8.88. The minimum Gasteiger partial charge on any atom is -0.467 e. The van der Waals surface area contributed by atoms with Gasteiger partial charge in [-0.1, -0.05) is 92.7 Å². The highest BCUT2D eigenvalue weighted by atomic mass is 16.7. The van der Waals surface area contributed by atoms with Crippen LogP contribution < -0.4 is 20.7 Å². The number of hydrogen-bond acceptors (Lipinski definition) is 18. The zero-order valence-corrected chi connectivity index (χ0v) is 41.4. The largest absolute Gasteiger partial charge is 0.513 e. The molecule has 3 amide bonds. The molecule has 22 heteroatoms. The van der Waals surface area contributed by atoms with Gasteiger partial charge in [0.1, 0.15) is 37.2 Å². The van der Waals surface area contributed by atoms with E-state index in [4.69, 9.17) is 37.9 Å². The number of nitrogens with zero attached hydrogens (tertiary/aromatic N) is 1. The van der Waals surface area contributed by atoms with Gasteiger partial charge in [-0.3, -0.25) is 34.1 Å². The van der Waals surface area contributed by atoms with Crippen LogP contribution in [0.5, 0.6) is 5.75 Å². The first-order valence-electron chi connectivity index (χ1n) is 23.4. The van der Waals surface area contributed by atoms with Crippen LogP contribution in [0.3, 0.4) is 0 Å². The van der Waals surface area contributed by atoms with Crippen molar-refractivity contribution in [2.75, 3.05) is 20.3 Å². The molecule has 8 atom stereocenters. The number of amides is 3. The van der Waals surface area contributed by atoms with E-state index in [1.165, 1.54) is 6.92 Å². The summed E-state index contributed by atoms with van der Waals surface area (Å²) in [5.41, 5.74) is 1.35. The van der Waals surface area contributed by atoms with E-state index in [-0.39, 0.29) is 30.4 Å². The second-order valence-electron chi connectivity index (χ2n) is 17.8. The number of methoxy groups -OCH3 is 1. The lowest BCUT2D eigenvalue weighted by atomic mass is 9.81. The summed E-state index contributed by atoms with van der Waals surface area (Å²) in [6.45, 7) is 6.67. The van der Waals surface area contributed by atoms with Gasteiger partial charge in [-0.15, -0.1) is 0 Å². The summed E-state index contributed by atoms with van der Waals surface area (Å²) in [4.78, 5) is 119. The third-order valence-electron chi connectivity index (χ3n) is 12.2. The van der Waals surface area contributed by atoms with Crippen LogP contribution in [-0.2, 0) is 68.3 Å². The molecule has 1 heterocycles. The quantitative estimate of drug-likeness (QED) is 0.0271. The minimum absolute atomic E-state index is 0.0533. The highest BCUT2D eigenvalue weighted by molar-refractivity contribution is 5.92. The fourth-order valence-electron chi connectivity index (χ4n) is 8.88. The molecule has 74 heavy (non-hydrogen) atoms. The average Bonchev–Trinajstić information content (AvgIpc) is 3.68. The Morgan fingerprint density at radius 1 is 0.730 bits per heavy atom. The zero-order valence-electron chi connectivity index (χ0n) is 41.4. The first kappa shape index (κ1) is 54.9. The van der Waals surface area contributed by atoms with E-state index in [9.17, 15) is 48.5 Å². The number of nitrogens with one attached hydrogen (secondary N) is 3. The fraction of sp³-hybridized carbons (Fsp3) is 0.385. The van der Waals surface area contributed by atoms with E-state index in [0.717, 1.165) is 74.4 Å². The molecule has 3 N–H and O–H groups in total. The lowest BCUT2D eigenvalue weighted by Gasteiger charge is -2.52. The van der Waals surface area contributed by atoms with Gasteiger partial charge < -0.3 is 53.8 Å². The van der Waals surface area contributed by atoms with Crippen LogP contribution in [0, 0.1) is 22.0 Å². The van der Waals surface area contributed by atoms with Crippen molar-refractivity contribution in [1.29, 1.82) is 0 Å². The summed E-state index contributed by atoms with van der Waals surface area (Å²) >= 11 is 0. The van der Waals surface area contributed by atoms with Crippen molar-refractivity contribution < 1.29 is 81.2 Å². The zero-order chi connectivity index (χ0) is 53.9. The van der Waals surface area contributed by atoms with Gasteiger partial charge in [0.2, 0.25) is 24.0 Å². The number of hydrogen-bond donors (Lipinski definition) is 3. The lowest BCUT2D eigenvalue weighted by Crippen LogP contribution is -2.78. The first-order chi connectivity index (χ1) is 35.2. The molecule has 2 aliphatic rings. The van der Waals surface area contributed by atoms with Gasteiger partial charge >= 0.3 is 36.1 Å². The van der Waals surface area contributed by atoms with Crippen LogP contribution >= 0.6 is 0 Å². The van der Waals surface area contributed by atoms with Crippen LogP contribution in [0.25, 0.3) is 11.1 Å². The number of benzene rings is 4. The maximum Gasteiger partial charge on any atom is 0.513 e. The van der Waals surface area contributed by atoms with E-state index in [1.807, 2.05) is 48.5 Å².